The second-order valence-corrected chi connectivity index (χ2v) is 9.03. The molecule has 148 valence electrons. The molecular formula is C23H22N2O3S. The molecule has 0 atom stereocenters. The van der Waals surface area contributed by atoms with E-state index in [-0.39, 0.29) is 4.90 Å². The van der Waals surface area contributed by atoms with Crippen molar-refractivity contribution < 1.29 is 13.2 Å². The van der Waals surface area contributed by atoms with E-state index in [0.29, 0.717) is 17.9 Å². The van der Waals surface area contributed by atoms with Crippen LogP contribution in [0.2, 0.25) is 0 Å². The highest BCUT2D eigenvalue weighted by atomic mass is 32.2. The predicted molar refractivity (Wildman–Crippen MR) is 115 cm³/mol. The number of para-hydroxylation sites is 2. The first-order valence-corrected chi connectivity index (χ1v) is 10.8. The molecule has 0 aliphatic carbocycles. The number of hydrogen-bond acceptors (Lipinski definition) is 3. The molecule has 4 rings (SSSR count). The van der Waals surface area contributed by atoms with Crippen molar-refractivity contribution in [3.8, 4) is 0 Å². The maximum absolute atomic E-state index is 13.6. The van der Waals surface area contributed by atoms with Gasteiger partial charge in [-0.2, -0.15) is 4.31 Å². The van der Waals surface area contributed by atoms with Gasteiger partial charge in [-0.05, 0) is 55.2 Å². The summed E-state index contributed by atoms with van der Waals surface area (Å²) in [6.07, 6.45) is 0. The number of amides is 2. The third kappa shape index (κ3) is 3.09. The van der Waals surface area contributed by atoms with Gasteiger partial charge in [0.2, 0.25) is 0 Å². The van der Waals surface area contributed by atoms with E-state index in [1.165, 1.54) is 0 Å². The van der Waals surface area contributed by atoms with Crippen molar-refractivity contribution in [3.63, 3.8) is 0 Å². The monoisotopic (exact) mass is 406 g/mol. The van der Waals surface area contributed by atoms with Crippen LogP contribution in [0.25, 0.3) is 0 Å². The van der Waals surface area contributed by atoms with Gasteiger partial charge in [-0.25, -0.2) is 13.2 Å². The molecule has 0 radical (unpaired) electrons. The van der Waals surface area contributed by atoms with E-state index in [1.54, 1.807) is 29.2 Å². The van der Waals surface area contributed by atoms with Crippen LogP contribution >= 0.6 is 0 Å². The van der Waals surface area contributed by atoms with Crippen molar-refractivity contribution in [1.82, 2.24) is 0 Å². The molecule has 1 aliphatic rings. The molecule has 29 heavy (non-hydrogen) atoms. The van der Waals surface area contributed by atoms with Crippen molar-refractivity contribution in [2.24, 2.45) is 0 Å². The number of fused-ring (bicyclic) bond motifs is 1. The zero-order valence-corrected chi connectivity index (χ0v) is 17.4. The third-order valence-corrected chi connectivity index (χ3v) is 7.03. The van der Waals surface area contributed by atoms with E-state index in [1.807, 2.05) is 63.2 Å². The summed E-state index contributed by atoms with van der Waals surface area (Å²) in [5, 5.41) is 0. The number of sulfonamides is 1. The average molecular weight is 407 g/mol. The highest BCUT2D eigenvalue weighted by Crippen LogP contribution is 2.40. The van der Waals surface area contributed by atoms with E-state index in [0.717, 1.165) is 26.6 Å². The Balaban J connectivity index is 1.94. The van der Waals surface area contributed by atoms with Crippen molar-refractivity contribution in [3.05, 3.63) is 89.0 Å². The number of hydrogen-bond donors (Lipinski definition) is 0. The average Bonchev–Trinajstić information content (AvgIpc) is 2.69. The van der Waals surface area contributed by atoms with Gasteiger partial charge in [-0.15, -0.1) is 0 Å². The van der Waals surface area contributed by atoms with Gasteiger partial charge >= 0.3 is 6.03 Å². The molecule has 0 aromatic heterocycles. The lowest BCUT2D eigenvalue weighted by Gasteiger charge is -2.37. The SMILES string of the molecule is Cc1ccccc1CN1C(=O)N(c2c(C)cccc2C)S(=O)(=O)c2ccccc21. The van der Waals surface area contributed by atoms with Crippen LogP contribution in [0.3, 0.4) is 0 Å². The van der Waals surface area contributed by atoms with Crippen molar-refractivity contribution in [2.45, 2.75) is 32.2 Å². The largest absolute Gasteiger partial charge is 0.343 e. The first-order chi connectivity index (χ1) is 13.8. The minimum Gasteiger partial charge on any atom is -0.287 e. The summed E-state index contributed by atoms with van der Waals surface area (Å²) in [5.41, 5.74) is 4.31. The van der Waals surface area contributed by atoms with Gasteiger partial charge in [0.05, 0.1) is 17.9 Å². The Labute approximate surface area is 171 Å². The quantitative estimate of drug-likeness (QED) is 0.619. The maximum Gasteiger partial charge on any atom is 0.343 e. The normalized spacial score (nSPS) is 15.3. The lowest BCUT2D eigenvalue weighted by molar-refractivity contribution is 0.253. The van der Waals surface area contributed by atoms with E-state index in [9.17, 15) is 13.2 Å². The van der Waals surface area contributed by atoms with Crippen LogP contribution in [0.15, 0.2) is 71.6 Å². The first-order valence-electron chi connectivity index (χ1n) is 9.39. The number of urea groups is 1. The fourth-order valence-electron chi connectivity index (χ4n) is 3.76. The Hall–Kier alpha value is -3.12. The molecule has 0 saturated carbocycles. The van der Waals surface area contributed by atoms with Crippen LogP contribution in [-0.2, 0) is 16.6 Å². The summed E-state index contributed by atoms with van der Waals surface area (Å²) in [6, 6.07) is 19.4. The van der Waals surface area contributed by atoms with Crippen LogP contribution in [-0.4, -0.2) is 14.4 Å². The summed E-state index contributed by atoms with van der Waals surface area (Å²) in [6.45, 7) is 5.91. The minimum atomic E-state index is -4.02. The van der Waals surface area contributed by atoms with E-state index in [2.05, 4.69) is 0 Å². The first kappa shape index (κ1) is 19.2. The Kier molecular flexibility index (Phi) is 4.67. The van der Waals surface area contributed by atoms with E-state index >= 15 is 0 Å². The highest BCUT2D eigenvalue weighted by Gasteiger charge is 2.43. The van der Waals surface area contributed by atoms with Crippen molar-refractivity contribution in [2.75, 3.05) is 9.21 Å². The Morgan fingerprint density at radius 3 is 2.03 bits per heavy atom. The molecule has 2 amide bonds. The molecule has 0 spiro atoms. The second kappa shape index (κ2) is 7.04. The number of carbonyl (C=O) groups is 1. The number of anilines is 2. The molecule has 0 bridgehead atoms. The molecule has 0 unspecified atom stereocenters. The van der Waals surface area contributed by atoms with Crippen molar-refractivity contribution in [1.29, 1.82) is 0 Å². The summed E-state index contributed by atoms with van der Waals surface area (Å²) >= 11 is 0. The van der Waals surface area contributed by atoms with Crippen LogP contribution in [0.1, 0.15) is 22.3 Å². The summed E-state index contributed by atoms with van der Waals surface area (Å²) in [7, 11) is -4.02. The lowest BCUT2D eigenvalue weighted by Crippen LogP contribution is -2.51. The number of benzene rings is 3. The Morgan fingerprint density at radius 1 is 0.759 bits per heavy atom. The van der Waals surface area contributed by atoms with Gasteiger partial charge in [-0.1, -0.05) is 54.6 Å². The van der Waals surface area contributed by atoms with Crippen molar-refractivity contribution >= 4 is 27.4 Å². The molecule has 6 heteroatoms. The molecule has 1 aliphatic heterocycles. The van der Waals surface area contributed by atoms with Crippen LogP contribution < -0.4 is 9.21 Å². The van der Waals surface area contributed by atoms with Gasteiger partial charge < -0.3 is 0 Å². The molecule has 1 heterocycles. The highest BCUT2D eigenvalue weighted by molar-refractivity contribution is 7.94. The van der Waals surface area contributed by atoms with Crippen LogP contribution in [0.5, 0.6) is 0 Å². The predicted octanol–water partition coefficient (Wildman–Crippen LogP) is 4.95. The lowest BCUT2D eigenvalue weighted by atomic mass is 10.1. The van der Waals surface area contributed by atoms with E-state index < -0.39 is 16.1 Å². The summed E-state index contributed by atoms with van der Waals surface area (Å²) in [5.74, 6) is 0. The van der Waals surface area contributed by atoms with Gasteiger partial charge in [0.25, 0.3) is 10.0 Å². The number of aryl methyl sites for hydroxylation is 3. The van der Waals surface area contributed by atoms with Gasteiger partial charge in [0.15, 0.2) is 0 Å². The minimum absolute atomic E-state index is 0.135. The maximum atomic E-state index is 13.6. The Bertz CT molecular complexity index is 1200. The molecule has 3 aromatic carbocycles. The molecule has 0 fully saturated rings. The number of carbonyl (C=O) groups excluding carboxylic acids is 1. The second-order valence-electron chi connectivity index (χ2n) is 7.27. The van der Waals surface area contributed by atoms with Gasteiger partial charge in [0, 0.05) is 0 Å². The molecule has 0 N–H and O–H groups in total. The number of rotatable bonds is 3. The zero-order chi connectivity index (χ0) is 20.8. The van der Waals surface area contributed by atoms with Crippen LogP contribution in [0, 0.1) is 20.8 Å². The fraction of sp³-hybridized carbons (Fsp3) is 0.174. The fourth-order valence-corrected chi connectivity index (χ4v) is 5.49. The molecule has 0 saturated heterocycles. The van der Waals surface area contributed by atoms with E-state index in [4.69, 9.17) is 0 Å². The standard InChI is InChI=1S/C23H22N2O3S/c1-16-9-4-5-12-19(16)15-24-20-13-6-7-14-21(20)29(27,28)25(23(24)26)22-17(2)10-8-11-18(22)3/h4-14H,15H2,1-3H3. The molecule has 3 aromatic rings. The summed E-state index contributed by atoms with van der Waals surface area (Å²) < 4.78 is 27.9. The Morgan fingerprint density at radius 2 is 1.34 bits per heavy atom. The smallest absolute Gasteiger partial charge is 0.287 e. The van der Waals surface area contributed by atoms with Gasteiger partial charge in [0.1, 0.15) is 4.90 Å². The topological polar surface area (TPSA) is 57.7 Å². The third-order valence-electron chi connectivity index (χ3n) is 5.31. The summed E-state index contributed by atoms with van der Waals surface area (Å²) in [4.78, 5) is 15.3. The van der Waals surface area contributed by atoms with Crippen LogP contribution in [0.4, 0.5) is 16.2 Å². The zero-order valence-electron chi connectivity index (χ0n) is 16.6. The molecule has 5 nitrogen and oxygen atoms in total. The van der Waals surface area contributed by atoms with Gasteiger partial charge in [-0.3, -0.25) is 4.90 Å². The number of nitrogens with zero attached hydrogens (tertiary/aromatic N) is 2. The molecular weight excluding hydrogens is 384 g/mol.